The third-order valence-corrected chi connectivity index (χ3v) is 8.27. The van der Waals surface area contributed by atoms with E-state index in [9.17, 15) is 14.3 Å². The molecule has 0 amide bonds. The van der Waals surface area contributed by atoms with Crippen molar-refractivity contribution < 1.29 is 39.2 Å². The van der Waals surface area contributed by atoms with Crippen LogP contribution < -0.4 is 10.9 Å². The standard InChI is InChI=1S/C27H35FN6O2.3CH2O2/c1-32-8-10-33(11-9-32)16-17-2-7-22-23(12-17)26(36)34(20-3-5-21(35)6-4-20)25-24(22)15-29-27(31-25)30-19-13-18(28)14-19;3*2-1-3/h2,7,12,15,18-21,35H,3-6,8-11,13-14,16H2,1H3,(H,29,30,31);3*1H,(H,2,3)/t18?,19?,20-,21-;;;. The Kier molecular flexibility index (Phi) is 13.6. The molecule has 2 aliphatic carbocycles. The summed E-state index contributed by atoms with van der Waals surface area (Å²) in [5.41, 5.74) is 1.73. The van der Waals surface area contributed by atoms with Gasteiger partial charge in [-0.2, -0.15) is 4.98 Å². The second kappa shape index (κ2) is 17.3. The first-order chi connectivity index (χ1) is 21.7. The van der Waals surface area contributed by atoms with Gasteiger partial charge in [0, 0.05) is 61.8 Å². The lowest BCUT2D eigenvalue weighted by molar-refractivity contribution is -0.123. The summed E-state index contributed by atoms with van der Waals surface area (Å²) in [6, 6.07) is 6.21. The summed E-state index contributed by atoms with van der Waals surface area (Å²) in [6.45, 7) is 4.23. The van der Waals surface area contributed by atoms with Crippen LogP contribution in [-0.2, 0) is 20.9 Å². The number of aliphatic hydroxyl groups is 1. The van der Waals surface area contributed by atoms with Gasteiger partial charge < -0.3 is 30.6 Å². The van der Waals surface area contributed by atoms with Gasteiger partial charge >= 0.3 is 0 Å². The van der Waals surface area contributed by atoms with Gasteiger partial charge in [-0.3, -0.25) is 28.6 Å². The van der Waals surface area contributed by atoms with Crippen molar-refractivity contribution in [3.8, 4) is 0 Å². The van der Waals surface area contributed by atoms with Crippen LogP contribution >= 0.6 is 0 Å². The predicted octanol–water partition coefficient (Wildman–Crippen LogP) is 2.18. The lowest BCUT2D eigenvalue weighted by atomic mass is 9.91. The smallest absolute Gasteiger partial charge is 0.290 e. The van der Waals surface area contributed by atoms with Crippen LogP contribution in [0.15, 0.2) is 29.2 Å². The normalized spacial score (nSPS) is 23.1. The fourth-order valence-corrected chi connectivity index (χ4v) is 5.91. The van der Waals surface area contributed by atoms with E-state index in [0.29, 0.717) is 42.7 Å². The Bertz CT molecular complexity index is 1450. The van der Waals surface area contributed by atoms with Crippen molar-refractivity contribution in [3.05, 3.63) is 40.3 Å². The highest BCUT2D eigenvalue weighted by Gasteiger charge is 2.30. The molecule has 246 valence electrons. The van der Waals surface area contributed by atoms with E-state index < -0.39 is 6.17 Å². The molecule has 2 aromatic heterocycles. The van der Waals surface area contributed by atoms with Crippen LogP contribution in [0.25, 0.3) is 21.8 Å². The zero-order valence-corrected chi connectivity index (χ0v) is 25.2. The van der Waals surface area contributed by atoms with Crippen LogP contribution in [0.5, 0.6) is 0 Å². The van der Waals surface area contributed by atoms with Crippen LogP contribution in [0.3, 0.4) is 0 Å². The molecule has 3 fully saturated rings. The molecule has 14 nitrogen and oxygen atoms in total. The quantitative estimate of drug-likeness (QED) is 0.203. The number of halogens is 1. The van der Waals surface area contributed by atoms with E-state index in [1.54, 1.807) is 6.20 Å². The zero-order chi connectivity index (χ0) is 32.9. The summed E-state index contributed by atoms with van der Waals surface area (Å²) in [5, 5.41) is 36.4. The number of aromatic nitrogens is 3. The number of alkyl halides is 1. The Morgan fingerprint density at radius 1 is 0.933 bits per heavy atom. The number of anilines is 1. The molecule has 0 atom stereocenters. The van der Waals surface area contributed by atoms with E-state index in [2.05, 4.69) is 33.2 Å². The van der Waals surface area contributed by atoms with Crippen molar-refractivity contribution >= 4 is 47.2 Å². The molecule has 2 saturated carbocycles. The van der Waals surface area contributed by atoms with Gasteiger partial charge in [-0.25, -0.2) is 9.37 Å². The van der Waals surface area contributed by atoms with E-state index in [4.69, 9.17) is 34.7 Å². The Hall–Kier alpha value is -4.21. The maximum absolute atomic E-state index is 14.0. The SMILES string of the molecule is CN1CCN(Cc2ccc3c(c2)c(=O)n([C@H]2CC[C@H](O)CC2)c2nc(NC4CC(F)C4)ncc32)CC1.O=CO.O=CO.O=CO. The number of fused-ring (bicyclic) bond motifs is 3. The van der Waals surface area contributed by atoms with Crippen molar-refractivity contribution in [2.24, 2.45) is 0 Å². The summed E-state index contributed by atoms with van der Waals surface area (Å²) in [4.78, 5) is 53.2. The Morgan fingerprint density at radius 3 is 2.11 bits per heavy atom. The minimum absolute atomic E-state index is 0.0178. The summed E-state index contributed by atoms with van der Waals surface area (Å²) in [6.07, 6.45) is 4.48. The highest BCUT2D eigenvalue weighted by atomic mass is 19.1. The number of hydrogen-bond acceptors (Lipinski definition) is 10. The third kappa shape index (κ3) is 9.39. The fraction of sp³-hybridized carbons (Fsp3) is 0.533. The number of nitrogens with zero attached hydrogens (tertiary/aromatic N) is 5. The van der Waals surface area contributed by atoms with Gasteiger partial charge in [0.1, 0.15) is 11.8 Å². The van der Waals surface area contributed by atoms with Crippen molar-refractivity contribution in [3.63, 3.8) is 0 Å². The van der Waals surface area contributed by atoms with E-state index >= 15 is 0 Å². The van der Waals surface area contributed by atoms with E-state index in [-0.39, 0.29) is 43.2 Å². The topological polar surface area (TPSA) is 198 Å². The van der Waals surface area contributed by atoms with Crippen LogP contribution in [-0.4, -0.2) is 116 Å². The number of likely N-dealkylation sites (N-methyl/N-ethyl adjacent to an activating group) is 1. The molecule has 15 heteroatoms. The highest BCUT2D eigenvalue weighted by Crippen LogP contribution is 2.33. The third-order valence-electron chi connectivity index (χ3n) is 8.27. The van der Waals surface area contributed by atoms with E-state index in [1.807, 2.05) is 16.7 Å². The minimum atomic E-state index is -0.765. The molecular weight excluding hydrogens is 591 g/mol. The fourth-order valence-electron chi connectivity index (χ4n) is 5.91. The Morgan fingerprint density at radius 2 is 1.53 bits per heavy atom. The van der Waals surface area contributed by atoms with E-state index in [0.717, 1.165) is 61.9 Å². The van der Waals surface area contributed by atoms with Crippen molar-refractivity contribution in [1.29, 1.82) is 0 Å². The van der Waals surface area contributed by atoms with Gasteiger partial charge in [0.2, 0.25) is 5.95 Å². The molecule has 3 aliphatic rings. The summed E-state index contributed by atoms with van der Waals surface area (Å²) < 4.78 is 15.2. The van der Waals surface area contributed by atoms with Gasteiger partial charge in [-0.15, -0.1) is 0 Å². The lowest BCUT2D eigenvalue weighted by Crippen LogP contribution is -2.43. The molecule has 1 aromatic carbocycles. The van der Waals surface area contributed by atoms with Crippen LogP contribution in [0.2, 0.25) is 0 Å². The zero-order valence-electron chi connectivity index (χ0n) is 25.2. The number of pyridine rings is 1. The first kappa shape index (κ1) is 35.3. The molecule has 0 spiro atoms. The number of nitrogens with one attached hydrogen (secondary N) is 1. The van der Waals surface area contributed by atoms with E-state index in [1.165, 1.54) is 0 Å². The molecule has 0 radical (unpaired) electrons. The molecule has 3 aromatic rings. The highest BCUT2D eigenvalue weighted by molar-refractivity contribution is 6.04. The van der Waals surface area contributed by atoms with Gasteiger partial charge in [0.25, 0.3) is 25.0 Å². The molecule has 0 unspecified atom stereocenters. The molecule has 5 N–H and O–H groups in total. The van der Waals surface area contributed by atoms with Gasteiger partial charge in [-0.05, 0) is 62.6 Å². The van der Waals surface area contributed by atoms with Crippen molar-refractivity contribution in [2.75, 3.05) is 38.5 Å². The molecule has 45 heavy (non-hydrogen) atoms. The van der Waals surface area contributed by atoms with Crippen molar-refractivity contribution in [1.82, 2.24) is 24.3 Å². The average Bonchev–Trinajstić information content (AvgIpc) is 3.00. The van der Waals surface area contributed by atoms with Crippen LogP contribution in [0, 0.1) is 0 Å². The summed E-state index contributed by atoms with van der Waals surface area (Å²) in [7, 11) is 2.15. The maximum Gasteiger partial charge on any atom is 0.290 e. The Balaban J connectivity index is 0.000000552. The largest absolute Gasteiger partial charge is 0.483 e. The van der Waals surface area contributed by atoms with Crippen LogP contribution in [0.4, 0.5) is 10.3 Å². The monoisotopic (exact) mass is 632 g/mol. The Labute approximate surface area is 259 Å². The molecule has 3 heterocycles. The number of hydrogen-bond donors (Lipinski definition) is 5. The second-order valence-electron chi connectivity index (χ2n) is 11.3. The van der Waals surface area contributed by atoms with Gasteiger partial charge in [-0.1, -0.05) is 12.1 Å². The molecule has 1 aliphatic heterocycles. The number of benzene rings is 1. The first-order valence-corrected chi connectivity index (χ1v) is 14.8. The van der Waals surface area contributed by atoms with Crippen LogP contribution in [0.1, 0.15) is 50.1 Å². The number of rotatable bonds is 5. The minimum Gasteiger partial charge on any atom is -0.483 e. The molecule has 6 rings (SSSR count). The summed E-state index contributed by atoms with van der Waals surface area (Å²) >= 11 is 0. The van der Waals surface area contributed by atoms with Gasteiger partial charge in [0.15, 0.2) is 0 Å². The molecule has 1 saturated heterocycles. The lowest BCUT2D eigenvalue weighted by Gasteiger charge is -2.32. The summed E-state index contributed by atoms with van der Waals surface area (Å²) in [5.74, 6) is 0.439. The van der Waals surface area contributed by atoms with Crippen molar-refractivity contribution in [2.45, 2.75) is 69.4 Å². The number of carboxylic acid groups (broad SMARTS) is 3. The number of carbonyl (C=O) groups is 3. The molecule has 0 bridgehead atoms. The molecular formula is C30H41FN6O8. The second-order valence-corrected chi connectivity index (χ2v) is 11.3. The maximum atomic E-state index is 14.0. The number of piperazine rings is 1. The van der Waals surface area contributed by atoms with Gasteiger partial charge in [0.05, 0.1) is 6.10 Å². The predicted molar refractivity (Wildman–Crippen MR) is 165 cm³/mol. The first-order valence-electron chi connectivity index (χ1n) is 14.8. The number of aliphatic hydroxyl groups excluding tert-OH is 1. The average molecular weight is 633 g/mol.